The zero-order valence-electron chi connectivity index (χ0n) is 9.21. The second-order valence-electron chi connectivity index (χ2n) is 3.22. The third kappa shape index (κ3) is 2.25. The second kappa shape index (κ2) is 5.66. The van der Waals surface area contributed by atoms with Crippen LogP contribution in [-0.4, -0.2) is 13.1 Å². The summed E-state index contributed by atoms with van der Waals surface area (Å²) >= 11 is 3.34. The molecule has 0 saturated heterocycles. The first kappa shape index (κ1) is 12.7. The quantitative estimate of drug-likeness (QED) is 0.632. The highest BCUT2D eigenvalue weighted by Crippen LogP contribution is 2.23. The Balaban J connectivity index is 3.50. The van der Waals surface area contributed by atoms with Crippen LogP contribution in [0.15, 0.2) is 12.1 Å². The molecule has 0 unspecified atom stereocenters. The lowest BCUT2D eigenvalue weighted by atomic mass is 9.96. The number of hydrogen-bond acceptors (Lipinski definition) is 3. The molecule has 1 aromatic carbocycles. The fourth-order valence-electron chi connectivity index (χ4n) is 1.60. The Morgan fingerprint density at radius 3 is 2.69 bits per heavy atom. The standard InChI is InChI=1S/C12H12BrNO2/c1-3-8-4-5-9(7-14)11(10(8)6-13)12(15)16-2/h4-5H,3,6H2,1-2H3. The third-order valence-corrected chi connectivity index (χ3v) is 3.00. The Bertz CT molecular complexity index is 449. The molecule has 0 radical (unpaired) electrons. The van der Waals surface area contributed by atoms with E-state index in [1.807, 2.05) is 19.1 Å². The van der Waals surface area contributed by atoms with Gasteiger partial charge in [0, 0.05) is 5.33 Å². The van der Waals surface area contributed by atoms with Crippen molar-refractivity contribution in [2.75, 3.05) is 7.11 Å². The summed E-state index contributed by atoms with van der Waals surface area (Å²) in [6, 6.07) is 5.56. The number of alkyl halides is 1. The van der Waals surface area contributed by atoms with Gasteiger partial charge in [0.15, 0.2) is 0 Å². The molecule has 4 heteroatoms. The molecule has 0 spiro atoms. The van der Waals surface area contributed by atoms with Crippen molar-refractivity contribution in [2.24, 2.45) is 0 Å². The number of rotatable bonds is 3. The molecular weight excluding hydrogens is 270 g/mol. The highest BCUT2D eigenvalue weighted by molar-refractivity contribution is 9.08. The predicted octanol–water partition coefficient (Wildman–Crippen LogP) is 2.80. The van der Waals surface area contributed by atoms with Crippen LogP contribution in [0.25, 0.3) is 0 Å². The number of carbonyl (C=O) groups is 1. The molecule has 84 valence electrons. The summed E-state index contributed by atoms with van der Waals surface area (Å²) in [5.74, 6) is -0.457. The summed E-state index contributed by atoms with van der Waals surface area (Å²) < 4.78 is 4.71. The number of halogens is 1. The number of carbonyl (C=O) groups excluding carboxylic acids is 1. The van der Waals surface area contributed by atoms with E-state index in [1.165, 1.54) is 7.11 Å². The Hall–Kier alpha value is -1.34. The minimum absolute atomic E-state index is 0.360. The molecule has 16 heavy (non-hydrogen) atoms. The molecule has 0 amide bonds. The van der Waals surface area contributed by atoms with Crippen molar-refractivity contribution >= 4 is 21.9 Å². The Kier molecular flexibility index (Phi) is 4.51. The van der Waals surface area contributed by atoms with E-state index in [-0.39, 0.29) is 0 Å². The van der Waals surface area contributed by atoms with Gasteiger partial charge in [0.2, 0.25) is 0 Å². The number of esters is 1. The van der Waals surface area contributed by atoms with Crippen molar-refractivity contribution in [3.05, 3.63) is 34.4 Å². The van der Waals surface area contributed by atoms with Gasteiger partial charge in [-0.2, -0.15) is 5.26 Å². The number of ether oxygens (including phenoxy) is 1. The van der Waals surface area contributed by atoms with Crippen molar-refractivity contribution in [1.82, 2.24) is 0 Å². The van der Waals surface area contributed by atoms with Gasteiger partial charge in [-0.1, -0.05) is 28.9 Å². The van der Waals surface area contributed by atoms with Crippen LogP contribution in [0.3, 0.4) is 0 Å². The minimum atomic E-state index is -0.457. The van der Waals surface area contributed by atoms with Gasteiger partial charge in [0.05, 0.1) is 18.2 Å². The van der Waals surface area contributed by atoms with E-state index in [0.29, 0.717) is 16.5 Å². The van der Waals surface area contributed by atoms with Crippen LogP contribution < -0.4 is 0 Å². The van der Waals surface area contributed by atoms with E-state index < -0.39 is 5.97 Å². The van der Waals surface area contributed by atoms with Crippen LogP contribution in [0.4, 0.5) is 0 Å². The Labute approximate surface area is 103 Å². The van der Waals surface area contributed by atoms with Crippen molar-refractivity contribution < 1.29 is 9.53 Å². The first-order chi connectivity index (χ1) is 7.69. The van der Waals surface area contributed by atoms with Crippen molar-refractivity contribution in [1.29, 1.82) is 5.26 Å². The molecule has 0 aliphatic rings. The molecule has 0 aliphatic carbocycles. The lowest BCUT2D eigenvalue weighted by Gasteiger charge is -2.11. The van der Waals surface area contributed by atoms with Crippen LogP contribution in [0.5, 0.6) is 0 Å². The van der Waals surface area contributed by atoms with Crippen molar-refractivity contribution in [2.45, 2.75) is 18.7 Å². The van der Waals surface area contributed by atoms with Crippen LogP contribution in [0, 0.1) is 11.3 Å². The van der Waals surface area contributed by atoms with E-state index in [0.717, 1.165) is 17.5 Å². The number of methoxy groups -OCH3 is 1. The lowest BCUT2D eigenvalue weighted by Crippen LogP contribution is -2.10. The zero-order valence-corrected chi connectivity index (χ0v) is 10.8. The van der Waals surface area contributed by atoms with Crippen LogP contribution >= 0.6 is 15.9 Å². The predicted molar refractivity (Wildman–Crippen MR) is 64.5 cm³/mol. The Morgan fingerprint density at radius 1 is 1.56 bits per heavy atom. The van der Waals surface area contributed by atoms with Crippen molar-refractivity contribution in [3.63, 3.8) is 0 Å². The number of nitrogens with zero attached hydrogens (tertiary/aromatic N) is 1. The molecule has 1 aromatic rings. The lowest BCUT2D eigenvalue weighted by molar-refractivity contribution is 0.0599. The summed E-state index contributed by atoms with van der Waals surface area (Å²) in [5, 5.41) is 9.51. The first-order valence-electron chi connectivity index (χ1n) is 4.88. The fraction of sp³-hybridized carbons (Fsp3) is 0.333. The van der Waals surface area contributed by atoms with Gasteiger partial charge >= 0.3 is 5.97 Å². The molecule has 3 nitrogen and oxygen atoms in total. The first-order valence-corrected chi connectivity index (χ1v) is 6.00. The van der Waals surface area contributed by atoms with Gasteiger partial charge in [0.1, 0.15) is 6.07 Å². The number of benzene rings is 1. The molecule has 0 heterocycles. The molecule has 0 atom stereocenters. The average Bonchev–Trinajstić information content (AvgIpc) is 2.35. The van der Waals surface area contributed by atoms with E-state index in [9.17, 15) is 4.79 Å². The summed E-state index contributed by atoms with van der Waals surface area (Å²) in [6.07, 6.45) is 0.816. The third-order valence-electron chi connectivity index (χ3n) is 2.43. The topological polar surface area (TPSA) is 50.1 Å². The zero-order chi connectivity index (χ0) is 12.1. The number of hydrogen-bond donors (Lipinski definition) is 0. The second-order valence-corrected chi connectivity index (χ2v) is 3.78. The molecule has 0 N–H and O–H groups in total. The van der Waals surface area contributed by atoms with Gasteiger partial charge < -0.3 is 4.74 Å². The Morgan fingerprint density at radius 2 is 2.25 bits per heavy atom. The summed E-state index contributed by atoms with van der Waals surface area (Å²) in [7, 11) is 1.32. The van der Waals surface area contributed by atoms with Gasteiger partial charge in [-0.15, -0.1) is 0 Å². The van der Waals surface area contributed by atoms with E-state index in [4.69, 9.17) is 10.00 Å². The normalized spacial score (nSPS) is 9.62. The van der Waals surface area contributed by atoms with Gasteiger partial charge in [-0.05, 0) is 23.6 Å². The number of aryl methyl sites for hydroxylation is 1. The van der Waals surface area contributed by atoms with Gasteiger partial charge in [-0.3, -0.25) is 0 Å². The van der Waals surface area contributed by atoms with Crippen LogP contribution in [0.1, 0.15) is 34.0 Å². The monoisotopic (exact) mass is 281 g/mol. The van der Waals surface area contributed by atoms with Crippen molar-refractivity contribution in [3.8, 4) is 6.07 Å². The SMILES string of the molecule is CCc1ccc(C#N)c(C(=O)OC)c1CBr. The molecule has 0 saturated carbocycles. The summed E-state index contributed by atoms with van der Waals surface area (Å²) in [4.78, 5) is 11.6. The maximum Gasteiger partial charge on any atom is 0.339 e. The maximum atomic E-state index is 11.6. The van der Waals surface area contributed by atoms with E-state index >= 15 is 0 Å². The molecular formula is C12H12BrNO2. The van der Waals surface area contributed by atoms with Gasteiger partial charge in [0.25, 0.3) is 0 Å². The molecule has 0 aliphatic heterocycles. The summed E-state index contributed by atoms with van der Waals surface area (Å²) in [5.41, 5.74) is 2.63. The van der Waals surface area contributed by atoms with Gasteiger partial charge in [-0.25, -0.2) is 4.79 Å². The fourth-order valence-corrected chi connectivity index (χ4v) is 2.24. The minimum Gasteiger partial charge on any atom is -0.465 e. The largest absolute Gasteiger partial charge is 0.465 e. The maximum absolute atomic E-state index is 11.6. The summed E-state index contributed by atoms with van der Waals surface area (Å²) in [6.45, 7) is 2.01. The highest BCUT2D eigenvalue weighted by Gasteiger charge is 2.18. The average molecular weight is 282 g/mol. The molecule has 0 bridgehead atoms. The van der Waals surface area contributed by atoms with E-state index in [2.05, 4.69) is 15.9 Å². The smallest absolute Gasteiger partial charge is 0.339 e. The molecule has 0 fully saturated rings. The number of nitriles is 1. The molecule has 1 rings (SSSR count). The molecule has 0 aromatic heterocycles. The highest BCUT2D eigenvalue weighted by atomic mass is 79.9. The van der Waals surface area contributed by atoms with Crippen LogP contribution in [0.2, 0.25) is 0 Å². The van der Waals surface area contributed by atoms with Crippen LogP contribution in [-0.2, 0) is 16.5 Å². The van der Waals surface area contributed by atoms with E-state index in [1.54, 1.807) is 6.07 Å².